The summed E-state index contributed by atoms with van der Waals surface area (Å²) in [6.45, 7) is 0.432. The van der Waals surface area contributed by atoms with Crippen LogP contribution in [-0.2, 0) is 16.1 Å². The predicted molar refractivity (Wildman–Crippen MR) is 61.1 cm³/mol. The SMILES string of the molecule is COCCN(CC(=O)O)Cc1cc(F)ccc1F. The van der Waals surface area contributed by atoms with E-state index >= 15 is 0 Å². The Kier molecular flexibility index (Phi) is 5.67. The number of hydrogen-bond donors (Lipinski definition) is 1. The van der Waals surface area contributed by atoms with E-state index in [9.17, 15) is 13.6 Å². The van der Waals surface area contributed by atoms with Gasteiger partial charge in [0.05, 0.1) is 13.2 Å². The van der Waals surface area contributed by atoms with Crippen LogP contribution in [0.1, 0.15) is 5.56 Å². The number of aliphatic carboxylic acids is 1. The molecule has 18 heavy (non-hydrogen) atoms. The van der Waals surface area contributed by atoms with E-state index in [2.05, 4.69) is 0 Å². The third-order valence-electron chi connectivity index (χ3n) is 2.37. The van der Waals surface area contributed by atoms with Gasteiger partial charge in [0.1, 0.15) is 11.6 Å². The number of ether oxygens (including phenoxy) is 1. The van der Waals surface area contributed by atoms with Crippen LogP contribution in [0.2, 0.25) is 0 Å². The highest BCUT2D eigenvalue weighted by molar-refractivity contribution is 5.69. The summed E-state index contributed by atoms with van der Waals surface area (Å²) in [6, 6.07) is 3.12. The van der Waals surface area contributed by atoms with E-state index in [0.717, 1.165) is 18.2 Å². The molecular weight excluding hydrogens is 244 g/mol. The van der Waals surface area contributed by atoms with Crippen LogP contribution in [0.15, 0.2) is 18.2 Å². The summed E-state index contributed by atoms with van der Waals surface area (Å²) in [6.07, 6.45) is 0. The normalized spacial score (nSPS) is 10.9. The lowest BCUT2D eigenvalue weighted by atomic mass is 10.2. The van der Waals surface area contributed by atoms with Crippen LogP contribution in [0.4, 0.5) is 8.78 Å². The van der Waals surface area contributed by atoms with Crippen LogP contribution < -0.4 is 0 Å². The van der Waals surface area contributed by atoms with Crippen LogP contribution >= 0.6 is 0 Å². The zero-order valence-corrected chi connectivity index (χ0v) is 10.0. The van der Waals surface area contributed by atoms with E-state index in [0.29, 0.717) is 13.2 Å². The number of benzene rings is 1. The second kappa shape index (κ2) is 7.03. The van der Waals surface area contributed by atoms with Crippen molar-refractivity contribution < 1.29 is 23.4 Å². The minimum atomic E-state index is -1.03. The summed E-state index contributed by atoms with van der Waals surface area (Å²) in [5.41, 5.74) is 0.132. The number of rotatable bonds is 7. The summed E-state index contributed by atoms with van der Waals surface area (Å²) in [4.78, 5) is 12.1. The lowest BCUT2D eigenvalue weighted by molar-refractivity contribution is -0.138. The van der Waals surface area contributed by atoms with E-state index in [4.69, 9.17) is 9.84 Å². The average molecular weight is 259 g/mol. The maximum absolute atomic E-state index is 13.4. The molecule has 1 aromatic carbocycles. The smallest absolute Gasteiger partial charge is 0.317 e. The van der Waals surface area contributed by atoms with E-state index in [-0.39, 0.29) is 18.7 Å². The molecule has 4 nitrogen and oxygen atoms in total. The Labute approximate surface area is 104 Å². The summed E-state index contributed by atoms with van der Waals surface area (Å²) in [5.74, 6) is -2.12. The van der Waals surface area contributed by atoms with Crippen LogP contribution in [0.25, 0.3) is 0 Å². The molecule has 6 heteroatoms. The van der Waals surface area contributed by atoms with Crippen molar-refractivity contribution in [3.63, 3.8) is 0 Å². The highest BCUT2D eigenvalue weighted by atomic mass is 19.1. The second-order valence-electron chi connectivity index (χ2n) is 3.83. The molecule has 0 atom stereocenters. The van der Waals surface area contributed by atoms with Crippen molar-refractivity contribution in [2.24, 2.45) is 0 Å². The first kappa shape index (κ1) is 14.5. The van der Waals surface area contributed by atoms with Crippen molar-refractivity contribution in [3.8, 4) is 0 Å². The molecular formula is C12H15F2NO3. The fourth-order valence-electron chi connectivity index (χ4n) is 1.53. The average Bonchev–Trinajstić information content (AvgIpc) is 2.30. The number of carbonyl (C=O) groups is 1. The molecule has 0 bridgehead atoms. The predicted octanol–water partition coefficient (Wildman–Crippen LogP) is 1.50. The van der Waals surface area contributed by atoms with Crippen molar-refractivity contribution in [1.29, 1.82) is 0 Å². The Morgan fingerprint density at radius 3 is 2.78 bits per heavy atom. The minimum absolute atomic E-state index is 0.0270. The van der Waals surface area contributed by atoms with Crippen molar-refractivity contribution in [3.05, 3.63) is 35.4 Å². The first-order chi connectivity index (χ1) is 8.52. The van der Waals surface area contributed by atoms with Gasteiger partial charge in [-0.15, -0.1) is 0 Å². The molecule has 100 valence electrons. The lowest BCUT2D eigenvalue weighted by Crippen LogP contribution is -2.32. The highest BCUT2D eigenvalue weighted by Gasteiger charge is 2.13. The Morgan fingerprint density at radius 2 is 2.17 bits per heavy atom. The summed E-state index contributed by atoms with van der Waals surface area (Å²) in [7, 11) is 1.49. The molecule has 0 radical (unpaired) electrons. The highest BCUT2D eigenvalue weighted by Crippen LogP contribution is 2.12. The summed E-state index contributed by atoms with van der Waals surface area (Å²) in [5, 5.41) is 8.73. The van der Waals surface area contributed by atoms with Crippen LogP contribution in [0, 0.1) is 11.6 Å². The van der Waals surface area contributed by atoms with Crippen molar-refractivity contribution in [2.75, 3.05) is 26.8 Å². The Morgan fingerprint density at radius 1 is 1.44 bits per heavy atom. The van der Waals surface area contributed by atoms with Crippen LogP contribution in [-0.4, -0.2) is 42.8 Å². The van der Waals surface area contributed by atoms with E-state index in [1.165, 1.54) is 12.0 Å². The van der Waals surface area contributed by atoms with E-state index in [1.54, 1.807) is 0 Å². The topological polar surface area (TPSA) is 49.8 Å². The quantitative estimate of drug-likeness (QED) is 0.806. The van der Waals surface area contributed by atoms with Gasteiger partial charge in [-0.05, 0) is 18.2 Å². The molecule has 0 amide bonds. The minimum Gasteiger partial charge on any atom is -0.480 e. The summed E-state index contributed by atoms with van der Waals surface area (Å²) < 4.78 is 31.2. The first-order valence-corrected chi connectivity index (χ1v) is 5.40. The Balaban J connectivity index is 2.74. The van der Waals surface area contributed by atoms with Gasteiger partial charge in [-0.25, -0.2) is 8.78 Å². The number of carboxylic acids is 1. The molecule has 0 aliphatic rings. The zero-order chi connectivity index (χ0) is 13.5. The number of carboxylic acid groups (broad SMARTS) is 1. The molecule has 0 spiro atoms. The zero-order valence-electron chi connectivity index (χ0n) is 10.0. The second-order valence-corrected chi connectivity index (χ2v) is 3.83. The largest absolute Gasteiger partial charge is 0.480 e. The molecule has 0 unspecified atom stereocenters. The lowest BCUT2D eigenvalue weighted by Gasteiger charge is -2.20. The molecule has 1 N–H and O–H groups in total. The maximum Gasteiger partial charge on any atom is 0.317 e. The Bertz CT molecular complexity index is 412. The van der Waals surface area contributed by atoms with Gasteiger partial charge >= 0.3 is 5.97 Å². The number of nitrogens with zero attached hydrogens (tertiary/aromatic N) is 1. The maximum atomic E-state index is 13.4. The van der Waals surface area contributed by atoms with Gasteiger partial charge in [0.15, 0.2) is 0 Å². The first-order valence-electron chi connectivity index (χ1n) is 5.40. The number of halogens is 2. The molecule has 1 aromatic rings. The van der Waals surface area contributed by atoms with Gasteiger partial charge in [0.25, 0.3) is 0 Å². The van der Waals surface area contributed by atoms with Gasteiger partial charge in [-0.1, -0.05) is 0 Å². The van der Waals surface area contributed by atoms with Crippen molar-refractivity contribution >= 4 is 5.97 Å². The number of methoxy groups -OCH3 is 1. The van der Waals surface area contributed by atoms with Crippen molar-refractivity contribution in [1.82, 2.24) is 4.90 Å². The molecule has 0 aliphatic heterocycles. The third kappa shape index (κ3) is 4.77. The third-order valence-corrected chi connectivity index (χ3v) is 2.37. The molecule has 0 aliphatic carbocycles. The summed E-state index contributed by atoms with van der Waals surface area (Å²) >= 11 is 0. The van der Waals surface area contributed by atoms with Gasteiger partial charge in [-0.3, -0.25) is 9.69 Å². The van der Waals surface area contributed by atoms with E-state index in [1.807, 2.05) is 0 Å². The standard InChI is InChI=1S/C12H15F2NO3/c1-18-5-4-15(8-12(16)17)7-9-6-10(13)2-3-11(9)14/h2-3,6H,4-5,7-8H2,1H3,(H,16,17). The molecule has 0 heterocycles. The monoisotopic (exact) mass is 259 g/mol. The van der Waals surface area contributed by atoms with Crippen LogP contribution in [0.3, 0.4) is 0 Å². The molecule has 0 aromatic heterocycles. The molecule has 1 rings (SSSR count). The molecule has 0 fully saturated rings. The van der Waals surface area contributed by atoms with Crippen LogP contribution in [0.5, 0.6) is 0 Å². The van der Waals surface area contributed by atoms with E-state index < -0.39 is 17.6 Å². The molecule has 0 saturated heterocycles. The number of hydrogen-bond acceptors (Lipinski definition) is 3. The Hall–Kier alpha value is -1.53. The van der Waals surface area contributed by atoms with Gasteiger partial charge < -0.3 is 9.84 Å². The van der Waals surface area contributed by atoms with Gasteiger partial charge in [-0.2, -0.15) is 0 Å². The van der Waals surface area contributed by atoms with Gasteiger partial charge in [0, 0.05) is 25.8 Å². The molecule has 0 saturated carbocycles. The fraction of sp³-hybridized carbons (Fsp3) is 0.417. The fourth-order valence-corrected chi connectivity index (χ4v) is 1.53. The van der Waals surface area contributed by atoms with Crippen molar-refractivity contribution in [2.45, 2.75) is 6.54 Å². The van der Waals surface area contributed by atoms with Gasteiger partial charge in [0.2, 0.25) is 0 Å².